The highest BCUT2D eigenvalue weighted by atomic mass is 32.2. The zero-order valence-corrected chi connectivity index (χ0v) is 30.2. The Morgan fingerprint density at radius 3 is 2.22 bits per heavy atom. The minimum absolute atomic E-state index is 0.00503. The van der Waals surface area contributed by atoms with Crippen LogP contribution in [0.5, 0.6) is 11.5 Å². The highest BCUT2D eigenvalue weighted by molar-refractivity contribution is 7.90. The Bertz CT molecular complexity index is 2350. The second kappa shape index (κ2) is 12.6. The Labute approximate surface area is 298 Å². The van der Waals surface area contributed by atoms with Crippen molar-refractivity contribution in [2.45, 2.75) is 52.0 Å². The van der Waals surface area contributed by atoms with Crippen LogP contribution in [0.1, 0.15) is 73.5 Å². The number of benzene rings is 5. The summed E-state index contributed by atoms with van der Waals surface area (Å²) >= 11 is 0. The van der Waals surface area contributed by atoms with E-state index >= 15 is 0 Å². The standard InChI is InChI=1S/C41H39N3O6S/c1-7-44(8-2)28-16-20-33-37(22-28)49-36-21-26(5)35(23-34(36)41(33)32-12-10-9-11-31(32)40(46)50-41)42-38-25(4)15-19-30(27(38)6)39(45)43-51(47,48)29-17-13-24(3)14-18-29/h9-23,42H,7-8H2,1-6H3,(H,43,45). The van der Waals surface area contributed by atoms with Gasteiger partial charge in [0.1, 0.15) is 11.5 Å². The van der Waals surface area contributed by atoms with Gasteiger partial charge in [0.15, 0.2) is 5.60 Å². The van der Waals surface area contributed by atoms with Crippen LogP contribution in [0.4, 0.5) is 17.1 Å². The third-order valence-electron chi connectivity index (χ3n) is 9.91. The van der Waals surface area contributed by atoms with Crippen LogP contribution in [0.3, 0.4) is 0 Å². The van der Waals surface area contributed by atoms with Crippen LogP contribution in [0.2, 0.25) is 0 Å². The van der Waals surface area contributed by atoms with Crippen LogP contribution in [0.15, 0.2) is 95.9 Å². The van der Waals surface area contributed by atoms with Crippen LogP contribution >= 0.6 is 0 Å². The summed E-state index contributed by atoms with van der Waals surface area (Å²) in [7, 11) is -4.10. The maximum atomic E-state index is 13.5. The number of carbonyl (C=O) groups excluding carboxylic acids is 2. The molecule has 2 N–H and O–H groups in total. The lowest BCUT2D eigenvalue weighted by molar-refractivity contribution is 0.0224. The van der Waals surface area contributed by atoms with Crippen molar-refractivity contribution in [1.82, 2.24) is 4.72 Å². The summed E-state index contributed by atoms with van der Waals surface area (Å²) < 4.78 is 41.4. The number of aryl methyl sites for hydroxylation is 3. The Morgan fingerprint density at radius 2 is 1.49 bits per heavy atom. The number of hydrogen-bond acceptors (Lipinski definition) is 8. The monoisotopic (exact) mass is 701 g/mol. The van der Waals surface area contributed by atoms with Crippen molar-refractivity contribution in [2.24, 2.45) is 0 Å². The lowest BCUT2D eigenvalue weighted by Gasteiger charge is -2.38. The number of esters is 1. The fraction of sp³-hybridized carbons (Fsp3) is 0.220. The minimum Gasteiger partial charge on any atom is -0.456 e. The molecule has 7 rings (SSSR count). The van der Waals surface area contributed by atoms with Crippen molar-refractivity contribution in [3.63, 3.8) is 0 Å². The molecule has 0 saturated heterocycles. The van der Waals surface area contributed by atoms with Gasteiger partial charge in [0.2, 0.25) is 0 Å². The van der Waals surface area contributed by atoms with Crippen LogP contribution in [-0.4, -0.2) is 33.4 Å². The van der Waals surface area contributed by atoms with Crippen molar-refractivity contribution in [3.05, 3.63) is 141 Å². The molecule has 51 heavy (non-hydrogen) atoms. The number of carbonyl (C=O) groups is 2. The highest BCUT2D eigenvalue weighted by Gasteiger charge is 2.53. The van der Waals surface area contributed by atoms with Gasteiger partial charge in [-0.3, -0.25) is 4.79 Å². The van der Waals surface area contributed by atoms with Crippen LogP contribution < -0.4 is 19.7 Å². The fourth-order valence-electron chi connectivity index (χ4n) is 7.10. The normalized spacial score (nSPS) is 15.7. The van der Waals surface area contributed by atoms with Gasteiger partial charge in [0.25, 0.3) is 15.9 Å². The minimum atomic E-state index is -4.10. The van der Waals surface area contributed by atoms with E-state index in [0.717, 1.165) is 46.6 Å². The number of amides is 1. The van der Waals surface area contributed by atoms with Gasteiger partial charge in [-0.15, -0.1) is 0 Å². The van der Waals surface area contributed by atoms with E-state index in [0.29, 0.717) is 39.6 Å². The molecule has 0 bridgehead atoms. The van der Waals surface area contributed by atoms with Gasteiger partial charge in [-0.1, -0.05) is 42.0 Å². The molecular weight excluding hydrogens is 663 g/mol. The molecule has 1 amide bonds. The van der Waals surface area contributed by atoms with Crippen LogP contribution in [0.25, 0.3) is 0 Å². The first-order valence-electron chi connectivity index (χ1n) is 16.9. The number of ether oxygens (including phenoxy) is 2. The molecule has 2 aliphatic heterocycles. The van der Waals surface area contributed by atoms with Gasteiger partial charge in [0, 0.05) is 58.5 Å². The molecule has 0 aromatic heterocycles. The predicted octanol–water partition coefficient (Wildman–Crippen LogP) is 8.20. The molecular formula is C41H39N3O6S. The largest absolute Gasteiger partial charge is 0.456 e. The number of nitrogens with zero attached hydrogens (tertiary/aromatic N) is 1. The zero-order valence-electron chi connectivity index (χ0n) is 29.4. The molecule has 1 atom stereocenters. The Morgan fingerprint density at radius 1 is 0.784 bits per heavy atom. The van der Waals surface area contributed by atoms with E-state index in [1.54, 1.807) is 37.3 Å². The average molecular weight is 702 g/mol. The van der Waals surface area contributed by atoms with Crippen molar-refractivity contribution in [3.8, 4) is 11.5 Å². The molecule has 5 aromatic carbocycles. The fourth-order valence-corrected chi connectivity index (χ4v) is 8.07. The summed E-state index contributed by atoms with van der Waals surface area (Å²) in [5, 5.41) is 3.53. The molecule has 9 nitrogen and oxygen atoms in total. The topological polar surface area (TPSA) is 114 Å². The summed E-state index contributed by atoms with van der Waals surface area (Å²) in [5.41, 5.74) is 7.08. The van der Waals surface area contributed by atoms with Gasteiger partial charge in [-0.05, 0) is 107 Å². The van der Waals surface area contributed by atoms with Gasteiger partial charge < -0.3 is 19.7 Å². The Balaban J connectivity index is 1.31. The van der Waals surface area contributed by atoms with Gasteiger partial charge >= 0.3 is 5.97 Å². The molecule has 260 valence electrons. The first-order valence-corrected chi connectivity index (χ1v) is 18.4. The summed E-state index contributed by atoms with van der Waals surface area (Å²) in [6, 6.07) is 27.0. The summed E-state index contributed by atoms with van der Waals surface area (Å²) in [4.78, 5) is 29.2. The first kappa shape index (κ1) is 33.9. The summed E-state index contributed by atoms with van der Waals surface area (Å²) in [6.45, 7) is 13.4. The zero-order chi connectivity index (χ0) is 36.2. The SMILES string of the molecule is CCN(CC)c1ccc2c(c1)Oc1cc(C)c(Nc3c(C)ccc(C(=O)NS(=O)(=O)c4ccc(C)cc4)c3C)cc1C21OC(=O)c2ccccc21. The summed E-state index contributed by atoms with van der Waals surface area (Å²) in [6.07, 6.45) is 0. The smallest absolute Gasteiger partial charge is 0.340 e. The molecule has 0 saturated carbocycles. The third-order valence-corrected chi connectivity index (χ3v) is 11.3. The van der Waals surface area contributed by atoms with Gasteiger partial charge in [-0.2, -0.15) is 0 Å². The van der Waals surface area contributed by atoms with Crippen molar-refractivity contribution in [1.29, 1.82) is 0 Å². The molecule has 0 fully saturated rings. The molecule has 0 aliphatic carbocycles. The van der Waals surface area contributed by atoms with E-state index in [4.69, 9.17) is 9.47 Å². The quantitative estimate of drug-likeness (QED) is 0.156. The van der Waals surface area contributed by atoms with E-state index < -0.39 is 27.5 Å². The second-order valence-corrected chi connectivity index (χ2v) is 14.7. The van der Waals surface area contributed by atoms with Gasteiger partial charge in [-0.25, -0.2) is 17.9 Å². The van der Waals surface area contributed by atoms with Gasteiger partial charge in [0.05, 0.1) is 10.5 Å². The lowest BCUT2D eigenvalue weighted by Crippen LogP contribution is -2.33. The molecule has 10 heteroatoms. The average Bonchev–Trinajstić information content (AvgIpc) is 3.39. The molecule has 2 aliphatic rings. The van der Waals surface area contributed by atoms with E-state index in [-0.39, 0.29) is 10.5 Å². The number of rotatable bonds is 8. The number of sulfonamides is 1. The molecule has 1 unspecified atom stereocenters. The highest BCUT2D eigenvalue weighted by Crippen LogP contribution is 2.57. The van der Waals surface area contributed by atoms with Crippen LogP contribution in [0, 0.1) is 27.7 Å². The Kier molecular flexibility index (Phi) is 8.38. The van der Waals surface area contributed by atoms with E-state index in [1.165, 1.54) is 12.1 Å². The Hall–Kier alpha value is -5.61. The van der Waals surface area contributed by atoms with E-state index in [2.05, 4.69) is 28.8 Å². The third kappa shape index (κ3) is 5.60. The van der Waals surface area contributed by atoms with Crippen molar-refractivity contribution < 1.29 is 27.5 Å². The van der Waals surface area contributed by atoms with Crippen LogP contribution in [-0.2, 0) is 20.4 Å². The molecule has 2 heterocycles. The molecule has 1 spiro atoms. The maximum Gasteiger partial charge on any atom is 0.340 e. The summed E-state index contributed by atoms with van der Waals surface area (Å²) in [5.74, 6) is 0.0243. The molecule has 5 aromatic rings. The van der Waals surface area contributed by atoms with Crippen molar-refractivity contribution in [2.75, 3.05) is 23.3 Å². The van der Waals surface area contributed by atoms with Crippen molar-refractivity contribution >= 4 is 39.0 Å². The molecule has 0 radical (unpaired) electrons. The number of nitrogens with one attached hydrogen (secondary N) is 2. The number of fused-ring (bicyclic) bond motifs is 6. The number of hydrogen-bond donors (Lipinski definition) is 2. The first-order chi connectivity index (χ1) is 24.4. The van der Waals surface area contributed by atoms with E-state index in [9.17, 15) is 18.0 Å². The maximum absolute atomic E-state index is 13.5. The predicted molar refractivity (Wildman–Crippen MR) is 198 cm³/mol. The second-order valence-electron chi connectivity index (χ2n) is 13.0. The van der Waals surface area contributed by atoms with E-state index in [1.807, 2.05) is 69.3 Å². The number of anilines is 3. The lowest BCUT2D eigenvalue weighted by atomic mass is 9.77.